The van der Waals surface area contributed by atoms with Crippen LogP contribution in [0.1, 0.15) is 22.3 Å². The van der Waals surface area contributed by atoms with Crippen LogP contribution >= 0.6 is 21.2 Å². The van der Waals surface area contributed by atoms with Crippen LogP contribution in [0.5, 0.6) is 0 Å². The van der Waals surface area contributed by atoms with Gasteiger partial charge < -0.3 is 10.1 Å². The molecule has 0 fully saturated rings. The Morgan fingerprint density at radius 1 is 0.605 bits per heavy atom. The number of nitrogens with one attached hydrogen (secondary N) is 1. The molecule has 43 heavy (non-hydrogen) atoms. The average Bonchev–Trinajstić information content (AvgIpc) is 3.68. The van der Waals surface area contributed by atoms with E-state index >= 15 is 0 Å². The van der Waals surface area contributed by atoms with Gasteiger partial charge in [0, 0.05) is 68.1 Å². The summed E-state index contributed by atoms with van der Waals surface area (Å²) in [5.41, 5.74) is 9.39. The molecular formula is C28H25Br3Eu2N10-. The van der Waals surface area contributed by atoms with Crippen LogP contribution in [0.15, 0.2) is 73.6 Å². The van der Waals surface area contributed by atoms with E-state index in [0.29, 0.717) is 11.6 Å². The molecule has 223 valence electrons. The number of pyridine rings is 4. The van der Waals surface area contributed by atoms with Crippen LogP contribution in [-0.2, 0) is 0 Å². The van der Waals surface area contributed by atoms with Crippen molar-refractivity contribution in [2.75, 3.05) is 0 Å². The normalized spacial score (nSPS) is 10.4. The van der Waals surface area contributed by atoms with Gasteiger partial charge in [0.15, 0.2) is 5.82 Å². The Morgan fingerprint density at radius 3 is 1.56 bits per heavy atom. The molecule has 6 rings (SSSR count). The van der Waals surface area contributed by atoms with Crippen molar-refractivity contribution in [1.82, 2.24) is 50.3 Å². The third-order valence-corrected chi connectivity index (χ3v) is 5.57. The predicted molar refractivity (Wildman–Crippen MR) is 170 cm³/mol. The van der Waals surface area contributed by atoms with Crippen LogP contribution < -0.4 is 5.10 Å². The van der Waals surface area contributed by atoms with E-state index in [0.717, 1.165) is 56.4 Å². The number of H-pyrrole nitrogens is 1. The summed E-state index contributed by atoms with van der Waals surface area (Å²) in [6.45, 7) is 8.12. The molecule has 0 saturated heterocycles. The Morgan fingerprint density at radius 2 is 1.09 bits per heavy atom. The molecule has 0 bridgehead atoms. The number of rotatable bonds is 4. The molecule has 0 saturated carbocycles. The number of aromatic nitrogens is 10. The van der Waals surface area contributed by atoms with Crippen molar-refractivity contribution >= 4 is 21.2 Å². The summed E-state index contributed by atoms with van der Waals surface area (Å²) in [6, 6.07) is 15.9. The minimum absolute atomic E-state index is 0. The maximum Gasteiger partial charge on any atom is 0 e. The number of nitrogens with zero attached hydrogens (tertiary/aromatic N) is 9. The number of hydrogen-bond acceptors (Lipinski definition) is 8. The topological polar surface area (TPSA) is 133 Å². The summed E-state index contributed by atoms with van der Waals surface area (Å²) in [7, 11) is 9.87. The van der Waals surface area contributed by atoms with Gasteiger partial charge >= 0.3 is 53.1 Å². The molecular weight excluding hydrogens is 1020 g/mol. The van der Waals surface area contributed by atoms with Crippen LogP contribution in [0.25, 0.3) is 45.8 Å². The Balaban J connectivity index is 0.000000206. The summed E-state index contributed by atoms with van der Waals surface area (Å²) in [5.74, 6) is 1.20. The van der Waals surface area contributed by atoms with E-state index in [4.69, 9.17) is 0 Å². The van der Waals surface area contributed by atoms with Gasteiger partial charge in [0.05, 0.1) is 28.5 Å². The number of aryl methyl sites for hydroxylation is 4. The Hall–Kier alpha value is -0.511. The molecule has 10 nitrogen and oxygen atoms in total. The zero-order valence-corrected chi connectivity index (χ0v) is 33.0. The number of hydrogen-bond donors (Lipinski definition) is 1. The standard InChI is InChI=1S/C14H13N5.C14H12N5.3BrH.2Eu/c2*1-9-3-4-15-11(5-9)12-6-10(2)7-13(18-12)14-16-8-17-19-14;;;;;/h3-8H,1-2H3,(H,16,17,19);3-8H,1-2H3;3*1H;;/q;-1;;;;;+3/p-3. The fourth-order valence-electron chi connectivity index (χ4n) is 3.82. The maximum absolute atomic E-state index is 4.59. The van der Waals surface area contributed by atoms with E-state index in [2.05, 4.69) is 71.5 Å². The first kappa shape index (κ1) is 37.0. The Kier molecular flexibility index (Phi) is 16.0. The van der Waals surface area contributed by atoms with Gasteiger partial charge in [0.25, 0.3) is 0 Å². The summed E-state index contributed by atoms with van der Waals surface area (Å²) < 4.78 is 0. The molecule has 6 heterocycles. The Bertz CT molecular complexity index is 1610. The van der Waals surface area contributed by atoms with Crippen molar-refractivity contribution in [1.29, 1.82) is 0 Å². The summed E-state index contributed by atoms with van der Waals surface area (Å²) in [6.07, 6.45) is 6.48. The van der Waals surface area contributed by atoms with Crippen LogP contribution in [0, 0.1) is 109 Å². The van der Waals surface area contributed by atoms with Crippen LogP contribution in [0.4, 0.5) is 0 Å². The molecule has 0 unspecified atom stereocenters. The van der Waals surface area contributed by atoms with Crippen molar-refractivity contribution in [3.05, 3.63) is 95.8 Å². The molecule has 0 aromatic carbocycles. The third kappa shape index (κ3) is 12.0. The van der Waals surface area contributed by atoms with Gasteiger partial charge in [-0.25, -0.2) is 15.0 Å². The van der Waals surface area contributed by atoms with Gasteiger partial charge in [-0.3, -0.25) is 20.2 Å². The molecule has 6 aromatic heterocycles. The van der Waals surface area contributed by atoms with E-state index in [-0.39, 0.29) is 49.4 Å². The van der Waals surface area contributed by atoms with Gasteiger partial charge in [0.2, 0.25) is 0 Å². The van der Waals surface area contributed by atoms with Crippen molar-refractivity contribution in [2.24, 2.45) is 0 Å². The Labute approximate surface area is 316 Å². The largest absolute Gasteiger partial charge is 0 e. The van der Waals surface area contributed by atoms with Crippen LogP contribution in [0.2, 0.25) is 0 Å². The molecule has 0 aliphatic heterocycles. The second kappa shape index (κ2) is 18.6. The molecule has 0 spiro atoms. The molecule has 0 aliphatic rings. The van der Waals surface area contributed by atoms with Crippen molar-refractivity contribution in [2.45, 2.75) is 27.7 Å². The van der Waals surface area contributed by atoms with Crippen molar-refractivity contribution in [3.63, 3.8) is 0 Å². The zero-order valence-electron chi connectivity index (χ0n) is 23.3. The number of aromatic amines is 1. The maximum atomic E-state index is 4.59. The SMILES string of the molecule is Cc1ccnc(-c2cc(C)cc(-c3ncn[n-]3)n2)c1.Cc1ccnc(-c2cc(C)cc(-c3ncn[nH]3)n2)c1.[Br][Eu]([Br])[Br].[Eu]. The van der Waals surface area contributed by atoms with Gasteiger partial charge in [-0.15, -0.1) is 0 Å². The van der Waals surface area contributed by atoms with Gasteiger partial charge in [-0.1, -0.05) is 0 Å². The van der Waals surface area contributed by atoms with Gasteiger partial charge in [-0.2, -0.15) is 5.10 Å². The summed E-state index contributed by atoms with van der Waals surface area (Å²) in [4.78, 5) is 26.1. The van der Waals surface area contributed by atoms with Crippen LogP contribution in [-0.4, -0.2) is 45.2 Å². The molecule has 15 heteroatoms. The minimum atomic E-state index is -1.03. The average molecular weight is 1050 g/mol. The molecule has 1 radical (unpaired) electrons. The van der Waals surface area contributed by atoms with Crippen molar-refractivity contribution in [3.8, 4) is 45.8 Å². The van der Waals surface area contributed by atoms with E-state index < -0.39 is 31.9 Å². The number of halogens is 3. The predicted octanol–water partition coefficient (Wildman–Crippen LogP) is 7.26. The monoisotopic (exact) mass is 1040 g/mol. The molecule has 6 aromatic rings. The first-order chi connectivity index (χ1) is 20.2. The summed E-state index contributed by atoms with van der Waals surface area (Å²) in [5, 5.41) is 14.3. The van der Waals surface area contributed by atoms with Gasteiger partial charge in [0.1, 0.15) is 12.0 Å². The molecule has 0 atom stereocenters. The third-order valence-electron chi connectivity index (χ3n) is 5.57. The minimum Gasteiger partial charge on any atom is 0 e. The molecule has 0 amide bonds. The zero-order chi connectivity index (χ0) is 30.1. The quantitative estimate of drug-likeness (QED) is 0.194. The second-order valence-electron chi connectivity index (χ2n) is 9.05. The van der Waals surface area contributed by atoms with E-state index in [1.807, 2.05) is 76.2 Å². The van der Waals surface area contributed by atoms with Crippen LogP contribution in [0.3, 0.4) is 0 Å². The van der Waals surface area contributed by atoms with Crippen molar-refractivity contribution < 1.29 is 81.3 Å². The van der Waals surface area contributed by atoms with E-state index in [1.165, 1.54) is 12.7 Å². The fraction of sp³-hybridized carbons (Fsp3) is 0.143. The van der Waals surface area contributed by atoms with E-state index in [9.17, 15) is 0 Å². The first-order valence-electron chi connectivity index (χ1n) is 12.4. The second-order valence-corrected chi connectivity index (χ2v) is 41.3. The van der Waals surface area contributed by atoms with E-state index in [1.54, 1.807) is 12.4 Å². The first-order valence-corrected chi connectivity index (χ1v) is 28.5. The van der Waals surface area contributed by atoms with Gasteiger partial charge in [-0.05, 0) is 104 Å². The molecule has 1 N–H and O–H groups in total. The summed E-state index contributed by atoms with van der Waals surface area (Å²) >= 11 is -1.03. The fourth-order valence-corrected chi connectivity index (χ4v) is 3.82. The smallest absolute Gasteiger partial charge is 0 e. The molecule has 0 aliphatic carbocycles.